The molecular weight excluding hydrogens is 210 g/mol. The summed E-state index contributed by atoms with van der Waals surface area (Å²) in [5.41, 5.74) is 10.6. The Hall–Kier alpha value is -2.51. The molecule has 0 aromatic carbocycles. The van der Waals surface area contributed by atoms with Crippen molar-refractivity contribution in [3.05, 3.63) is 23.8 Å². The van der Waals surface area contributed by atoms with Gasteiger partial charge in [-0.05, 0) is 6.07 Å². The van der Waals surface area contributed by atoms with Gasteiger partial charge in [-0.15, -0.1) is 5.10 Å². The SMILES string of the molecule is COC(=N)c1nccc(/C=N/N=C(N)N)n1. The largest absolute Gasteiger partial charge is 0.479 e. The molecule has 84 valence electrons. The molecule has 0 atom stereocenters. The first-order valence-electron chi connectivity index (χ1n) is 4.21. The highest BCUT2D eigenvalue weighted by molar-refractivity contribution is 5.88. The molecule has 0 spiro atoms. The lowest BCUT2D eigenvalue weighted by atomic mass is 10.4. The lowest BCUT2D eigenvalue weighted by molar-refractivity contribution is 0.397. The molecule has 0 aliphatic heterocycles. The second-order valence-electron chi connectivity index (χ2n) is 2.61. The Morgan fingerprint density at radius 1 is 1.56 bits per heavy atom. The molecule has 1 heterocycles. The van der Waals surface area contributed by atoms with Crippen molar-refractivity contribution < 1.29 is 4.74 Å². The van der Waals surface area contributed by atoms with Gasteiger partial charge in [-0.2, -0.15) is 5.10 Å². The third-order valence-corrected chi connectivity index (χ3v) is 1.45. The van der Waals surface area contributed by atoms with Crippen molar-refractivity contribution in [1.29, 1.82) is 5.41 Å². The third kappa shape index (κ3) is 3.33. The monoisotopic (exact) mass is 221 g/mol. The van der Waals surface area contributed by atoms with E-state index >= 15 is 0 Å². The standard InChI is InChI=1S/C8H11N7O/c1-16-6(9)7-12-3-2-5(14-7)4-13-15-8(10)11/h2-4,9H,1H3,(H4,10,11,15)/b9-6?,13-4+. The summed E-state index contributed by atoms with van der Waals surface area (Å²) in [6.45, 7) is 0. The number of rotatable bonds is 3. The fourth-order valence-corrected chi connectivity index (χ4v) is 0.800. The molecule has 8 nitrogen and oxygen atoms in total. The first-order valence-corrected chi connectivity index (χ1v) is 4.21. The van der Waals surface area contributed by atoms with E-state index < -0.39 is 0 Å². The molecule has 1 aromatic rings. The van der Waals surface area contributed by atoms with E-state index in [0.29, 0.717) is 5.69 Å². The predicted octanol–water partition coefficient (Wildman–Crippen LogP) is -0.944. The van der Waals surface area contributed by atoms with Crippen LogP contribution >= 0.6 is 0 Å². The Kier molecular flexibility index (Phi) is 3.90. The summed E-state index contributed by atoms with van der Waals surface area (Å²) in [4.78, 5) is 7.83. The molecule has 0 unspecified atom stereocenters. The minimum Gasteiger partial charge on any atom is -0.479 e. The minimum atomic E-state index is -0.143. The fraction of sp³-hybridized carbons (Fsp3) is 0.125. The van der Waals surface area contributed by atoms with Crippen molar-refractivity contribution in [3.63, 3.8) is 0 Å². The molecule has 0 bridgehead atoms. The Labute approximate surface area is 91.6 Å². The Morgan fingerprint density at radius 3 is 2.94 bits per heavy atom. The molecule has 0 saturated heterocycles. The van der Waals surface area contributed by atoms with Gasteiger partial charge in [0, 0.05) is 6.20 Å². The fourth-order valence-electron chi connectivity index (χ4n) is 0.800. The molecule has 0 amide bonds. The zero-order valence-electron chi connectivity index (χ0n) is 8.58. The number of nitrogens with zero attached hydrogens (tertiary/aromatic N) is 4. The van der Waals surface area contributed by atoms with Crippen LogP contribution in [0.4, 0.5) is 0 Å². The first-order chi connectivity index (χ1) is 7.63. The van der Waals surface area contributed by atoms with E-state index in [9.17, 15) is 0 Å². The van der Waals surface area contributed by atoms with E-state index in [1.165, 1.54) is 19.5 Å². The maximum Gasteiger partial charge on any atom is 0.252 e. The van der Waals surface area contributed by atoms with E-state index in [1.807, 2.05) is 0 Å². The Bertz CT molecular complexity index is 436. The van der Waals surface area contributed by atoms with Gasteiger partial charge in [0.1, 0.15) is 0 Å². The van der Waals surface area contributed by atoms with Crippen molar-refractivity contribution in [2.75, 3.05) is 7.11 Å². The second-order valence-corrected chi connectivity index (χ2v) is 2.61. The number of hydrogen-bond donors (Lipinski definition) is 3. The summed E-state index contributed by atoms with van der Waals surface area (Å²) in [5.74, 6) is -0.108. The van der Waals surface area contributed by atoms with Gasteiger partial charge in [-0.3, -0.25) is 5.41 Å². The van der Waals surface area contributed by atoms with Crippen molar-refractivity contribution in [1.82, 2.24) is 9.97 Å². The summed E-state index contributed by atoms with van der Waals surface area (Å²) in [6.07, 6.45) is 2.82. The normalized spacial score (nSPS) is 10.1. The number of methoxy groups -OCH3 is 1. The van der Waals surface area contributed by atoms with Crippen LogP contribution in [0.1, 0.15) is 11.5 Å². The van der Waals surface area contributed by atoms with Gasteiger partial charge < -0.3 is 16.2 Å². The van der Waals surface area contributed by atoms with Crippen molar-refractivity contribution in [2.45, 2.75) is 0 Å². The molecular formula is C8H11N7O. The maximum absolute atomic E-state index is 7.36. The van der Waals surface area contributed by atoms with Crippen LogP contribution in [0.15, 0.2) is 22.5 Å². The predicted molar refractivity (Wildman–Crippen MR) is 59.3 cm³/mol. The van der Waals surface area contributed by atoms with E-state index in [0.717, 1.165) is 0 Å². The summed E-state index contributed by atoms with van der Waals surface area (Å²) < 4.78 is 4.68. The van der Waals surface area contributed by atoms with E-state index in [4.69, 9.17) is 16.9 Å². The molecule has 1 rings (SSSR count). The van der Waals surface area contributed by atoms with Crippen molar-refractivity contribution in [2.24, 2.45) is 21.7 Å². The second kappa shape index (κ2) is 5.39. The van der Waals surface area contributed by atoms with Gasteiger partial charge in [0.25, 0.3) is 5.90 Å². The van der Waals surface area contributed by atoms with E-state index in [1.54, 1.807) is 6.07 Å². The number of hydrogen-bond acceptors (Lipinski definition) is 6. The van der Waals surface area contributed by atoms with Crippen molar-refractivity contribution >= 4 is 18.1 Å². The maximum atomic E-state index is 7.36. The molecule has 0 saturated carbocycles. The molecule has 0 aliphatic rings. The summed E-state index contributed by atoms with van der Waals surface area (Å²) in [7, 11) is 1.37. The zero-order valence-corrected chi connectivity index (χ0v) is 8.58. The smallest absolute Gasteiger partial charge is 0.252 e. The van der Waals surface area contributed by atoms with Crippen LogP contribution in [0, 0.1) is 5.41 Å². The first kappa shape index (κ1) is 11.6. The third-order valence-electron chi connectivity index (χ3n) is 1.45. The van der Waals surface area contributed by atoms with Crippen LogP contribution in [0.2, 0.25) is 0 Å². The molecule has 1 aromatic heterocycles. The Balaban J connectivity index is 2.87. The number of ether oxygens (including phenoxy) is 1. The van der Waals surface area contributed by atoms with Gasteiger partial charge in [0.05, 0.1) is 19.0 Å². The van der Waals surface area contributed by atoms with E-state index in [-0.39, 0.29) is 17.7 Å². The minimum absolute atomic E-state index is 0.128. The molecule has 0 radical (unpaired) electrons. The number of aromatic nitrogens is 2. The van der Waals surface area contributed by atoms with Gasteiger partial charge in [0.2, 0.25) is 11.8 Å². The number of guanidine groups is 1. The Morgan fingerprint density at radius 2 is 2.31 bits per heavy atom. The summed E-state index contributed by atoms with van der Waals surface area (Å²) in [5, 5.41) is 14.4. The highest BCUT2D eigenvalue weighted by Crippen LogP contribution is 1.95. The van der Waals surface area contributed by atoms with Crippen LogP contribution in [0.5, 0.6) is 0 Å². The van der Waals surface area contributed by atoms with Crippen LogP contribution < -0.4 is 11.5 Å². The molecule has 0 aliphatic carbocycles. The highest BCUT2D eigenvalue weighted by atomic mass is 16.5. The van der Waals surface area contributed by atoms with Gasteiger partial charge in [-0.1, -0.05) is 0 Å². The van der Waals surface area contributed by atoms with Crippen LogP contribution in [0.3, 0.4) is 0 Å². The molecule has 16 heavy (non-hydrogen) atoms. The lowest BCUT2D eigenvalue weighted by Gasteiger charge is -1.99. The van der Waals surface area contributed by atoms with Gasteiger partial charge in [-0.25, -0.2) is 9.97 Å². The lowest BCUT2D eigenvalue weighted by Crippen LogP contribution is -2.21. The van der Waals surface area contributed by atoms with Crippen LogP contribution in [0.25, 0.3) is 0 Å². The molecule has 8 heteroatoms. The quantitative estimate of drug-likeness (QED) is 0.343. The van der Waals surface area contributed by atoms with Crippen molar-refractivity contribution in [3.8, 4) is 0 Å². The average molecular weight is 221 g/mol. The zero-order chi connectivity index (χ0) is 12.0. The topological polar surface area (TPSA) is 136 Å². The van der Waals surface area contributed by atoms with Crippen LogP contribution in [-0.4, -0.2) is 35.1 Å². The van der Waals surface area contributed by atoms with Crippen LogP contribution in [-0.2, 0) is 4.74 Å². The number of nitrogens with two attached hydrogens (primary N) is 2. The molecule has 0 fully saturated rings. The summed E-state index contributed by atoms with van der Waals surface area (Å²) in [6, 6.07) is 1.60. The van der Waals surface area contributed by atoms with E-state index in [2.05, 4.69) is 24.9 Å². The highest BCUT2D eigenvalue weighted by Gasteiger charge is 2.04. The average Bonchev–Trinajstić information content (AvgIpc) is 2.28. The number of nitrogens with one attached hydrogen (secondary N) is 1. The summed E-state index contributed by atoms with van der Waals surface area (Å²) >= 11 is 0. The van der Waals surface area contributed by atoms with Gasteiger partial charge >= 0.3 is 0 Å². The van der Waals surface area contributed by atoms with Gasteiger partial charge in [0.15, 0.2) is 0 Å². The molecule has 5 N–H and O–H groups in total.